The SMILES string of the molecule is CC1CC(c2csc(C3CCN(C)CC3)n2)=NO1. The predicted molar refractivity (Wildman–Crippen MR) is 73.3 cm³/mol. The van der Waals surface area contributed by atoms with Gasteiger partial charge in [0, 0.05) is 17.7 Å². The molecule has 0 aliphatic carbocycles. The van der Waals surface area contributed by atoms with Crippen molar-refractivity contribution in [3.05, 3.63) is 16.1 Å². The van der Waals surface area contributed by atoms with Gasteiger partial charge in [-0.3, -0.25) is 0 Å². The minimum absolute atomic E-state index is 0.202. The molecule has 1 atom stereocenters. The van der Waals surface area contributed by atoms with Crippen LogP contribution in [0.5, 0.6) is 0 Å². The Balaban J connectivity index is 1.70. The molecule has 5 heteroatoms. The van der Waals surface area contributed by atoms with Crippen LogP contribution in [0.25, 0.3) is 0 Å². The van der Waals surface area contributed by atoms with E-state index in [1.807, 2.05) is 6.92 Å². The zero-order valence-corrected chi connectivity index (χ0v) is 11.7. The largest absolute Gasteiger partial charge is 0.392 e. The Hall–Kier alpha value is -0.940. The van der Waals surface area contributed by atoms with Gasteiger partial charge >= 0.3 is 0 Å². The van der Waals surface area contributed by atoms with Crippen LogP contribution in [-0.2, 0) is 4.84 Å². The standard InChI is InChI=1S/C13H19N3OS/c1-9-7-11(15-17-9)12-8-18-13(14-12)10-3-5-16(2)6-4-10/h8-10H,3-7H2,1-2H3. The van der Waals surface area contributed by atoms with Gasteiger partial charge in [-0.15, -0.1) is 11.3 Å². The average molecular weight is 265 g/mol. The van der Waals surface area contributed by atoms with Gasteiger partial charge in [0.25, 0.3) is 0 Å². The van der Waals surface area contributed by atoms with E-state index in [2.05, 4.69) is 22.5 Å². The van der Waals surface area contributed by atoms with Crippen LogP contribution in [0.3, 0.4) is 0 Å². The Morgan fingerprint density at radius 3 is 2.83 bits per heavy atom. The van der Waals surface area contributed by atoms with Crippen molar-refractivity contribution in [1.29, 1.82) is 0 Å². The first kappa shape index (κ1) is 12.1. The van der Waals surface area contributed by atoms with Gasteiger partial charge in [0.1, 0.15) is 11.8 Å². The highest BCUT2D eigenvalue weighted by atomic mass is 32.1. The van der Waals surface area contributed by atoms with Crippen LogP contribution >= 0.6 is 11.3 Å². The number of aromatic nitrogens is 1. The fraction of sp³-hybridized carbons (Fsp3) is 0.692. The molecule has 0 aromatic carbocycles. The Kier molecular flexibility index (Phi) is 3.35. The third kappa shape index (κ3) is 2.42. The molecule has 98 valence electrons. The van der Waals surface area contributed by atoms with E-state index in [0.717, 1.165) is 17.8 Å². The lowest BCUT2D eigenvalue weighted by atomic mass is 9.98. The smallest absolute Gasteiger partial charge is 0.130 e. The number of hydrogen-bond donors (Lipinski definition) is 0. The topological polar surface area (TPSA) is 37.7 Å². The van der Waals surface area contributed by atoms with Gasteiger partial charge in [0.2, 0.25) is 0 Å². The first-order valence-corrected chi connectivity index (χ1v) is 7.47. The lowest BCUT2D eigenvalue weighted by molar-refractivity contribution is 0.0995. The van der Waals surface area contributed by atoms with Crippen molar-refractivity contribution in [1.82, 2.24) is 9.88 Å². The Bertz CT molecular complexity index is 449. The lowest BCUT2D eigenvalue weighted by Crippen LogP contribution is -2.29. The number of nitrogens with zero attached hydrogens (tertiary/aromatic N) is 3. The lowest BCUT2D eigenvalue weighted by Gasteiger charge is -2.27. The fourth-order valence-electron chi connectivity index (χ4n) is 2.51. The summed E-state index contributed by atoms with van der Waals surface area (Å²) in [6.45, 7) is 4.40. The summed E-state index contributed by atoms with van der Waals surface area (Å²) in [6, 6.07) is 0. The molecular formula is C13H19N3OS. The highest BCUT2D eigenvalue weighted by Crippen LogP contribution is 2.30. The second kappa shape index (κ2) is 4.97. The second-order valence-corrected chi connectivity index (χ2v) is 6.20. The molecule has 1 saturated heterocycles. The van der Waals surface area contributed by atoms with E-state index in [1.54, 1.807) is 11.3 Å². The van der Waals surface area contributed by atoms with Crippen molar-refractivity contribution in [2.24, 2.45) is 5.16 Å². The number of hydrogen-bond acceptors (Lipinski definition) is 5. The molecule has 0 N–H and O–H groups in total. The molecule has 1 aromatic rings. The molecule has 2 aliphatic rings. The zero-order valence-electron chi connectivity index (χ0n) is 10.9. The summed E-state index contributed by atoms with van der Waals surface area (Å²) in [6.07, 6.45) is 3.54. The van der Waals surface area contributed by atoms with Gasteiger partial charge in [0.15, 0.2) is 0 Å². The summed E-state index contributed by atoms with van der Waals surface area (Å²) in [5.74, 6) is 0.639. The summed E-state index contributed by atoms with van der Waals surface area (Å²) in [7, 11) is 2.19. The maximum absolute atomic E-state index is 5.23. The van der Waals surface area contributed by atoms with Gasteiger partial charge in [-0.05, 0) is 39.9 Å². The van der Waals surface area contributed by atoms with Crippen molar-refractivity contribution < 1.29 is 4.84 Å². The molecule has 0 spiro atoms. The summed E-state index contributed by atoms with van der Waals surface area (Å²) in [5.41, 5.74) is 2.04. The summed E-state index contributed by atoms with van der Waals surface area (Å²) in [5, 5.41) is 7.52. The van der Waals surface area contributed by atoms with Crippen molar-refractivity contribution in [2.75, 3.05) is 20.1 Å². The molecule has 0 radical (unpaired) electrons. The molecule has 1 fully saturated rings. The highest BCUT2D eigenvalue weighted by Gasteiger charge is 2.24. The molecule has 4 nitrogen and oxygen atoms in total. The Morgan fingerprint density at radius 2 is 2.17 bits per heavy atom. The zero-order chi connectivity index (χ0) is 12.5. The fourth-order valence-corrected chi connectivity index (χ4v) is 3.52. The molecule has 1 aromatic heterocycles. The molecule has 3 rings (SSSR count). The van der Waals surface area contributed by atoms with Crippen molar-refractivity contribution in [3.8, 4) is 0 Å². The normalized spacial score (nSPS) is 26.1. The van der Waals surface area contributed by atoms with E-state index in [9.17, 15) is 0 Å². The third-order valence-corrected chi connectivity index (χ3v) is 4.72. The molecule has 0 bridgehead atoms. The molecule has 2 aliphatic heterocycles. The Labute approximate surface area is 112 Å². The van der Waals surface area contributed by atoms with Crippen molar-refractivity contribution in [3.63, 3.8) is 0 Å². The van der Waals surface area contributed by atoms with Gasteiger partial charge in [0.05, 0.1) is 10.7 Å². The first-order valence-electron chi connectivity index (χ1n) is 6.59. The highest BCUT2D eigenvalue weighted by molar-refractivity contribution is 7.09. The van der Waals surface area contributed by atoms with Crippen molar-refractivity contribution >= 4 is 17.0 Å². The Morgan fingerprint density at radius 1 is 1.39 bits per heavy atom. The predicted octanol–water partition coefficient (Wildman–Crippen LogP) is 2.47. The number of thiazole rings is 1. The number of oxime groups is 1. The van der Waals surface area contributed by atoms with Gasteiger partial charge in [-0.2, -0.15) is 0 Å². The van der Waals surface area contributed by atoms with Crippen LogP contribution in [0.15, 0.2) is 10.5 Å². The van der Waals surface area contributed by atoms with Crippen LogP contribution in [0.1, 0.15) is 42.8 Å². The molecule has 0 amide bonds. The quantitative estimate of drug-likeness (QED) is 0.824. The number of rotatable bonds is 2. The first-order chi connectivity index (χ1) is 8.72. The van der Waals surface area contributed by atoms with Crippen LogP contribution < -0.4 is 0 Å². The van der Waals surface area contributed by atoms with Crippen molar-refractivity contribution in [2.45, 2.75) is 38.2 Å². The van der Waals surface area contributed by atoms with Gasteiger partial charge in [-0.25, -0.2) is 4.98 Å². The minimum Gasteiger partial charge on any atom is -0.392 e. The van der Waals surface area contributed by atoms with Crippen LogP contribution in [0, 0.1) is 0 Å². The van der Waals surface area contributed by atoms with Gasteiger partial charge in [-0.1, -0.05) is 5.16 Å². The summed E-state index contributed by atoms with van der Waals surface area (Å²) in [4.78, 5) is 12.4. The monoisotopic (exact) mass is 265 g/mol. The average Bonchev–Trinajstić information content (AvgIpc) is 2.98. The molecular weight excluding hydrogens is 246 g/mol. The summed E-state index contributed by atoms with van der Waals surface area (Å²) >= 11 is 1.78. The van der Waals surface area contributed by atoms with E-state index in [4.69, 9.17) is 9.82 Å². The van der Waals surface area contributed by atoms with Crippen LogP contribution in [0.2, 0.25) is 0 Å². The van der Waals surface area contributed by atoms with E-state index in [0.29, 0.717) is 5.92 Å². The third-order valence-electron chi connectivity index (χ3n) is 3.71. The van der Waals surface area contributed by atoms with E-state index in [-0.39, 0.29) is 6.10 Å². The van der Waals surface area contributed by atoms with E-state index in [1.165, 1.54) is 30.9 Å². The van der Waals surface area contributed by atoms with Crippen LogP contribution in [0.4, 0.5) is 0 Å². The van der Waals surface area contributed by atoms with Gasteiger partial charge < -0.3 is 9.74 Å². The maximum Gasteiger partial charge on any atom is 0.130 e. The van der Waals surface area contributed by atoms with E-state index >= 15 is 0 Å². The number of likely N-dealkylation sites (tertiary alicyclic amines) is 1. The molecule has 0 saturated carbocycles. The number of piperidine rings is 1. The van der Waals surface area contributed by atoms with E-state index < -0.39 is 0 Å². The molecule has 3 heterocycles. The summed E-state index contributed by atoms with van der Waals surface area (Å²) < 4.78 is 0. The molecule has 1 unspecified atom stereocenters. The maximum atomic E-state index is 5.23. The van der Waals surface area contributed by atoms with Crippen LogP contribution in [-0.4, -0.2) is 41.8 Å². The second-order valence-electron chi connectivity index (χ2n) is 5.31. The molecule has 18 heavy (non-hydrogen) atoms. The minimum atomic E-state index is 0.202.